The van der Waals surface area contributed by atoms with Gasteiger partial charge in [-0.15, -0.1) is 0 Å². The lowest BCUT2D eigenvalue weighted by Crippen LogP contribution is -2.31. The van der Waals surface area contributed by atoms with E-state index in [-0.39, 0.29) is 29.4 Å². The third-order valence-electron chi connectivity index (χ3n) is 15.6. The van der Waals surface area contributed by atoms with Crippen molar-refractivity contribution in [2.45, 2.75) is 84.1 Å². The number of fused-ring (bicyclic) bond motifs is 5. The molecule has 0 radical (unpaired) electrons. The highest BCUT2D eigenvalue weighted by Crippen LogP contribution is 2.37. The minimum absolute atomic E-state index is 0.00954. The van der Waals surface area contributed by atoms with Crippen molar-refractivity contribution in [2.75, 3.05) is 100 Å². The molecule has 0 spiro atoms. The largest absolute Gasteiger partial charge is 0.478 e. The number of nitrogens with one attached hydrogen (secondary N) is 3. The first kappa shape index (κ1) is 54.9. The van der Waals surface area contributed by atoms with E-state index >= 15 is 4.39 Å². The maximum atomic E-state index is 15.1. The Morgan fingerprint density at radius 3 is 1.78 bits per heavy atom. The maximum absolute atomic E-state index is 15.1. The van der Waals surface area contributed by atoms with Crippen LogP contribution in [0.1, 0.15) is 84.1 Å². The molecular weight excluding hydrogens is 996 g/mol. The number of anilines is 5. The zero-order valence-electron chi connectivity index (χ0n) is 46.5. The number of aryl methyl sites for hydroxylation is 1. The highest BCUT2D eigenvalue weighted by Gasteiger charge is 2.21. The van der Waals surface area contributed by atoms with E-state index < -0.39 is 0 Å². The average Bonchev–Trinajstić information content (AvgIpc) is 4.41. The van der Waals surface area contributed by atoms with E-state index in [4.69, 9.17) is 9.72 Å². The molecule has 3 N–H and O–H groups in total. The van der Waals surface area contributed by atoms with Crippen LogP contribution in [0.5, 0.6) is 5.88 Å². The first-order chi connectivity index (χ1) is 38.3. The van der Waals surface area contributed by atoms with Crippen LogP contribution in [0.4, 0.5) is 32.8 Å². The number of imidazole rings is 1. The number of halogens is 1. The van der Waals surface area contributed by atoms with E-state index in [1.165, 1.54) is 64.1 Å². The molecule has 2 amide bonds. The summed E-state index contributed by atoms with van der Waals surface area (Å²) in [6.07, 6.45) is 13.9. The maximum Gasteiger partial charge on any atom is 0.329 e. The zero-order chi connectivity index (χ0) is 55.0. The van der Waals surface area contributed by atoms with Crippen molar-refractivity contribution >= 4 is 84.0 Å². The van der Waals surface area contributed by atoms with Crippen LogP contribution >= 0.6 is 0 Å². The summed E-state index contributed by atoms with van der Waals surface area (Å²) >= 11 is 0. The molecule has 414 valence electrons. The molecule has 0 unspecified atom stereocenters. The van der Waals surface area contributed by atoms with Crippen LogP contribution < -0.4 is 31.3 Å². The molecule has 16 nitrogen and oxygen atoms in total. The molecule has 8 aromatic rings. The lowest BCUT2D eigenvalue weighted by Gasteiger charge is -2.26. The van der Waals surface area contributed by atoms with Crippen molar-refractivity contribution in [1.29, 1.82) is 0 Å². The van der Waals surface area contributed by atoms with Crippen molar-refractivity contribution in [3.8, 4) is 17.0 Å². The first-order valence-electron chi connectivity index (χ1n) is 28.3. The van der Waals surface area contributed by atoms with Gasteiger partial charge in [0.25, 0.3) is 0 Å². The highest BCUT2D eigenvalue weighted by molar-refractivity contribution is 6.11. The van der Waals surface area contributed by atoms with Crippen molar-refractivity contribution < 1.29 is 18.7 Å². The van der Waals surface area contributed by atoms with E-state index in [9.17, 15) is 14.4 Å². The summed E-state index contributed by atoms with van der Waals surface area (Å²) in [5, 5.41) is 12.4. The Balaban J connectivity index is 0.000000183. The molecule has 3 saturated heterocycles. The first-order valence-corrected chi connectivity index (χ1v) is 28.3. The molecule has 11 rings (SSSR count). The van der Waals surface area contributed by atoms with Crippen LogP contribution in [0, 0.1) is 5.82 Å². The highest BCUT2D eigenvalue weighted by atomic mass is 19.1. The van der Waals surface area contributed by atoms with Gasteiger partial charge in [0, 0.05) is 128 Å². The molecular formula is C62H75FN12O4. The van der Waals surface area contributed by atoms with Gasteiger partial charge in [0.1, 0.15) is 5.82 Å². The van der Waals surface area contributed by atoms with Gasteiger partial charge in [-0.25, -0.2) is 19.2 Å². The van der Waals surface area contributed by atoms with Gasteiger partial charge in [0.05, 0.1) is 46.1 Å². The minimum atomic E-state index is -0.379. The number of aromatic nitrogens is 5. The summed E-state index contributed by atoms with van der Waals surface area (Å²) in [5.74, 6) is 0.177. The number of nitrogens with zero attached hydrogens (tertiary/aromatic N) is 9. The van der Waals surface area contributed by atoms with E-state index in [1.54, 1.807) is 40.7 Å². The minimum Gasteiger partial charge on any atom is -0.478 e. The number of hydrogen-bond donors (Lipinski definition) is 3. The lowest BCUT2D eigenvalue weighted by molar-refractivity contribution is -0.117. The number of benzene rings is 4. The number of likely N-dealkylation sites (tertiary alicyclic amines) is 3. The van der Waals surface area contributed by atoms with Gasteiger partial charge in [0.2, 0.25) is 17.7 Å². The van der Waals surface area contributed by atoms with Crippen LogP contribution in [-0.2, 0) is 16.6 Å². The standard InChI is InChI=1S/C35H43N7O2.C27H32FN5O2/c1-40(2)28-11-7-25(8-12-28)38-35-29-13-9-26(36-33(43)15-21-41-17-3-4-18-41)23-31(29)39-32-24-27(10-14-30(32)35)37-34(44)16-22-42-19-5-6-20-42;1-18(2)33-26-21-14-20(22(28)15-23(21)29-17-24(26)31(3)27(33)34)19-8-9-25(30-16-19)35-13-7-12-32-10-5-4-6-11-32/h7-14,23-24H,3-6,15-22H2,1-2H3,(H,36,43)(H,37,44)(H,38,39);8-9,14-18H,4-7,10-13H2,1-3H3. The van der Waals surface area contributed by atoms with Gasteiger partial charge >= 0.3 is 5.69 Å². The predicted molar refractivity (Wildman–Crippen MR) is 318 cm³/mol. The summed E-state index contributed by atoms with van der Waals surface area (Å²) in [7, 11) is 5.78. The van der Waals surface area contributed by atoms with E-state index in [2.05, 4.69) is 69.8 Å². The number of hydrogen-bond acceptors (Lipinski definition) is 12. The fourth-order valence-corrected chi connectivity index (χ4v) is 11.2. The third-order valence-corrected chi connectivity index (χ3v) is 15.6. The normalized spacial score (nSPS) is 15.3. The molecule has 0 aliphatic carbocycles. The quantitative estimate of drug-likeness (QED) is 0.0553. The van der Waals surface area contributed by atoms with Gasteiger partial charge in [-0.2, -0.15) is 0 Å². The smallest absolute Gasteiger partial charge is 0.329 e. The molecule has 0 bridgehead atoms. The zero-order valence-corrected chi connectivity index (χ0v) is 46.5. The predicted octanol–water partition coefficient (Wildman–Crippen LogP) is 11.0. The number of rotatable bonds is 18. The van der Waals surface area contributed by atoms with E-state index in [0.717, 1.165) is 119 Å². The summed E-state index contributed by atoms with van der Waals surface area (Å²) in [4.78, 5) is 61.5. The van der Waals surface area contributed by atoms with Gasteiger partial charge in [-0.3, -0.25) is 23.7 Å². The fourth-order valence-electron chi connectivity index (χ4n) is 11.2. The molecule has 3 fully saturated rings. The second kappa shape index (κ2) is 25.1. The molecule has 3 aliphatic heterocycles. The Kier molecular flexibility index (Phi) is 17.4. The van der Waals surface area contributed by atoms with E-state index in [1.807, 2.05) is 70.4 Å². The number of ether oxygens (including phenoxy) is 1. The van der Waals surface area contributed by atoms with Gasteiger partial charge in [0.15, 0.2) is 0 Å². The number of amides is 2. The average molecular weight is 1070 g/mol. The summed E-state index contributed by atoms with van der Waals surface area (Å²) in [5.41, 5.74) is 8.95. The van der Waals surface area contributed by atoms with Crippen LogP contribution in [0.3, 0.4) is 0 Å². The second-order valence-electron chi connectivity index (χ2n) is 21.8. The molecule has 7 heterocycles. The molecule has 3 aliphatic rings. The molecule has 0 atom stereocenters. The fraction of sp³-hybridized carbons (Fsp3) is 0.419. The van der Waals surface area contributed by atoms with Crippen molar-refractivity contribution in [3.63, 3.8) is 0 Å². The Morgan fingerprint density at radius 1 is 0.658 bits per heavy atom. The summed E-state index contributed by atoms with van der Waals surface area (Å²) in [6, 6.07) is 26.9. The van der Waals surface area contributed by atoms with Gasteiger partial charge < -0.3 is 40.3 Å². The van der Waals surface area contributed by atoms with E-state index in [0.29, 0.717) is 42.0 Å². The number of pyridine rings is 3. The summed E-state index contributed by atoms with van der Waals surface area (Å²) in [6.45, 7) is 13.8. The Morgan fingerprint density at radius 2 is 1.23 bits per heavy atom. The van der Waals surface area contributed by atoms with Crippen molar-refractivity contribution in [3.05, 3.63) is 114 Å². The number of piperidine rings is 1. The Bertz CT molecular complexity index is 3400. The Hall–Kier alpha value is -7.47. The lowest BCUT2D eigenvalue weighted by atomic mass is 10.0. The topological polar surface area (TPSA) is 158 Å². The van der Waals surface area contributed by atoms with Crippen molar-refractivity contribution in [1.82, 2.24) is 38.8 Å². The number of carbonyl (C=O) groups excluding carboxylic acids is 2. The molecule has 4 aromatic carbocycles. The molecule has 0 saturated carbocycles. The van der Waals surface area contributed by atoms with Gasteiger partial charge in [-0.05, 0) is 171 Å². The second-order valence-corrected chi connectivity index (χ2v) is 21.8. The SMILES string of the molecule is CC(C)n1c(=O)n(C)c2cnc3cc(F)c(-c4ccc(OCCCN5CCCCC5)nc4)cc3c21.CN(C)c1ccc(Nc2c3ccc(NC(=O)CCN4CCCC4)cc3nc3cc(NC(=O)CCN4CCCC4)ccc23)cc1. The van der Waals surface area contributed by atoms with Crippen LogP contribution in [0.2, 0.25) is 0 Å². The summed E-state index contributed by atoms with van der Waals surface area (Å²) < 4.78 is 24.2. The van der Waals surface area contributed by atoms with Crippen LogP contribution in [0.25, 0.3) is 54.9 Å². The monoisotopic (exact) mass is 1070 g/mol. The molecule has 4 aromatic heterocycles. The third kappa shape index (κ3) is 13.2. The van der Waals surface area contributed by atoms with Crippen LogP contribution in [-0.4, -0.2) is 130 Å². The molecule has 79 heavy (non-hydrogen) atoms. The Labute approximate surface area is 461 Å². The molecule has 17 heteroatoms. The van der Waals surface area contributed by atoms with Crippen molar-refractivity contribution in [2.24, 2.45) is 7.05 Å². The van der Waals surface area contributed by atoms with Crippen LogP contribution in [0.15, 0.2) is 102 Å². The number of carbonyl (C=O) groups is 2. The van der Waals surface area contributed by atoms with Gasteiger partial charge in [-0.1, -0.05) is 6.42 Å².